The minimum Gasteiger partial charge on any atom is -0.353 e. The minimum atomic E-state index is 0. The zero-order valence-corrected chi connectivity index (χ0v) is 13.8. The summed E-state index contributed by atoms with van der Waals surface area (Å²) in [5, 5.41) is 3.26. The van der Waals surface area contributed by atoms with E-state index >= 15 is 0 Å². The lowest BCUT2D eigenvalue weighted by atomic mass is 9.79. The van der Waals surface area contributed by atoms with Crippen molar-refractivity contribution >= 4 is 18.3 Å². The highest BCUT2D eigenvalue weighted by Gasteiger charge is 2.29. The first-order chi connectivity index (χ1) is 9.06. The Morgan fingerprint density at radius 2 is 1.85 bits per heavy atom. The molecule has 2 aliphatic carbocycles. The van der Waals surface area contributed by atoms with Gasteiger partial charge >= 0.3 is 0 Å². The molecule has 5 unspecified atom stereocenters. The van der Waals surface area contributed by atoms with Gasteiger partial charge in [0.1, 0.15) is 0 Å². The molecule has 0 spiro atoms. The molecule has 2 fully saturated rings. The maximum atomic E-state index is 12.2. The summed E-state index contributed by atoms with van der Waals surface area (Å²) < 4.78 is 0. The fourth-order valence-electron chi connectivity index (χ4n) is 3.87. The fourth-order valence-corrected chi connectivity index (χ4v) is 3.87. The summed E-state index contributed by atoms with van der Waals surface area (Å²) in [6, 6.07) is 0.631. The number of hydrogen-bond acceptors (Lipinski definition) is 2. The molecule has 3 N–H and O–H groups in total. The van der Waals surface area contributed by atoms with Crippen LogP contribution in [0.5, 0.6) is 0 Å². The molecule has 20 heavy (non-hydrogen) atoms. The molecule has 4 heteroatoms. The molecule has 0 bridgehead atoms. The molecule has 0 aliphatic heterocycles. The number of halogens is 1. The van der Waals surface area contributed by atoms with Crippen molar-refractivity contribution in [1.82, 2.24) is 5.32 Å². The number of nitrogens with one attached hydrogen (secondary N) is 1. The first-order valence-corrected chi connectivity index (χ1v) is 8.11. The first kappa shape index (κ1) is 17.8. The zero-order valence-electron chi connectivity index (χ0n) is 12.9. The maximum absolute atomic E-state index is 12.2. The van der Waals surface area contributed by atoms with Crippen LogP contribution < -0.4 is 11.1 Å². The van der Waals surface area contributed by atoms with Crippen molar-refractivity contribution in [3.63, 3.8) is 0 Å². The second-order valence-corrected chi connectivity index (χ2v) is 6.98. The van der Waals surface area contributed by atoms with Crippen molar-refractivity contribution in [2.75, 3.05) is 0 Å². The van der Waals surface area contributed by atoms with Gasteiger partial charge in [-0.2, -0.15) is 0 Å². The van der Waals surface area contributed by atoms with Crippen LogP contribution in [0.1, 0.15) is 65.2 Å². The molecule has 118 valence electrons. The highest BCUT2D eigenvalue weighted by atomic mass is 35.5. The van der Waals surface area contributed by atoms with E-state index in [1.807, 2.05) is 0 Å². The molecular weight excluding hydrogens is 272 g/mol. The molecule has 1 amide bonds. The Morgan fingerprint density at radius 3 is 2.50 bits per heavy atom. The Morgan fingerprint density at radius 1 is 1.15 bits per heavy atom. The number of carbonyl (C=O) groups is 1. The van der Waals surface area contributed by atoms with Gasteiger partial charge in [-0.05, 0) is 49.9 Å². The molecule has 0 aromatic heterocycles. The number of amides is 1. The normalized spacial score (nSPS) is 37.9. The summed E-state index contributed by atoms with van der Waals surface area (Å²) in [4.78, 5) is 12.2. The summed E-state index contributed by atoms with van der Waals surface area (Å²) in [5.41, 5.74) is 6.13. The van der Waals surface area contributed by atoms with Crippen LogP contribution >= 0.6 is 12.4 Å². The van der Waals surface area contributed by atoms with Gasteiger partial charge in [0.15, 0.2) is 0 Å². The molecule has 0 heterocycles. The second-order valence-electron chi connectivity index (χ2n) is 6.98. The number of nitrogens with two attached hydrogens (primary N) is 1. The van der Waals surface area contributed by atoms with Gasteiger partial charge in [0.25, 0.3) is 0 Å². The van der Waals surface area contributed by atoms with Crippen LogP contribution in [0.25, 0.3) is 0 Å². The average Bonchev–Trinajstić information content (AvgIpc) is 2.36. The molecule has 2 saturated carbocycles. The Labute approximate surface area is 129 Å². The molecule has 2 aliphatic rings. The third kappa shape index (κ3) is 4.92. The molecule has 0 radical (unpaired) electrons. The van der Waals surface area contributed by atoms with Crippen LogP contribution in [0, 0.1) is 17.8 Å². The van der Waals surface area contributed by atoms with Gasteiger partial charge in [0, 0.05) is 18.5 Å². The summed E-state index contributed by atoms with van der Waals surface area (Å²) in [6.07, 6.45) is 8.97. The van der Waals surface area contributed by atoms with Gasteiger partial charge in [0.2, 0.25) is 5.91 Å². The van der Waals surface area contributed by atoms with Crippen LogP contribution in [0.15, 0.2) is 0 Å². The SMILES string of the molecule is CC1CCC(NC(=O)CC2CCCCC2N)C(C)C1.Cl. The summed E-state index contributed by atoms with van der Waals surface area (Å²) in [7, 11) is 0. The molecular formula is C16H31ClN2O. The van der Waals surface area contributed by atoms with E-state index in [4.69, 9.17) is 5.73 Å². The lowest BCUT2D eigenvalue weighted by molar-refractivity contribution is -0.123. The summed E-state index contributed by atoms with van der Waals surface area (Å²) >= 11 is 0. The quantitative estimate of drug-likeness (QED) is 0.841. The average molecular weight is 303 g/mol. The summed E-state index contributed by atoms with van der Waals surface area (Å²) in [5.74, 6) is 2.07. The minimum absolute atomic E-state index is 0. The molecule has 0 aromatic carbocycles. The molecule has 0 saturated heterocycles. The monoisotopic (exact) mass is 302 g/mol. The number of rotatable bonds is 3. The molecule has 2 rings (SSSR count). The van der Waals surface area contributed by atoms with Crippen LogP contribution in [0.4, 0.5) is 0 Å². The van der Waals surface area contributed by atoms with Gasteiger partial charge in [0.05, 0.1) is 0 Å². The molecule has 5 atom stereocenters. The largest absolute Gasteiger partial charge is 0.353 e. The van der Waals surface area contributed by atoms with Crippen molar-refractivity contribution in [1.29, 1.82) is 0 Å². The van der Waals surface area contributed by atoms with Gasteiger partial charge in [-0.3, -0.25) is 4.79 Å². The smallest absolute Gasteiger partial charge is 0.220 e. The third-order valence-electron chi connectivity index (χ3n) is 5.19. The van der Waals surface area contributed by atoms with Crippen molar-refractivity contribution in [2.45, 2.75) is 77.3 Å². The van der Waals surface area contributed by atoms with Gasteiger partial charge in [-0.25, -0.2) is 0 Å². The Hall–Kier alpha value is -0.280. The van der Waals surface area contributed by atoms with Crippen molar-refractivity contribution in [3.8, 4) is 0 Å². The topological polar surface area (TPSA) is 55.1 Å². The van der Waals surface area contributed by atoms with Crippen LogP contribution in [0.3, 0.4) is 0 Å². The third-order valence-corrected chi connectivity index (χ3v) is 5.19. The van der Waals surface area contributed by atoms with Gasteiger partial charge in [-0.15, -0.1) is 12.4 Å². The maximum Gasteiger partial charge on any atom is 0.220 e. The van der Waals surface area contributed by atoms with Crippen molar-refractivity contribution in [3.05, 3.63) is 0 Å². The van der Waals surface area contributed by atoms with Crippen LogP contribution in [-0.4, -0.2) is 18.0 Å². The predicted octanol–water partition coefficient (Wildman–Crippen LogP) is 3.26. The van der Waals surface area contributed by atoms with E-state index < -0.39 is 0 Å². The van der Waals surface area contributed by atoms with E-state index in [-0.39, 0.29) is 24.4 Å². The van der Waals surface area contributed by atoms with E-state index in [0.29, 0.717) is 24.3 Å². The van der Waals surface area contributed by atoms with E-state index in [1.165, 1.54) is 25.7 Å². The standard InChI is InChI=1S/C16H30N2O.ClH/c1-11-7-8-15(12(2)9-11)18-16(19)10-13-5-3-4-6-14(13)17;/h11-15H,3-10,17H2,1-2H3,(H,18,19);1H. The van der Waals surface area contributed by atoms with Crippen molar-refractivity contribution in [2.24, 2.45) is 23.5 Å². The lowest BCUT2D eigenvalue weighted by Gasteiger charge is -2.34. The predicted molar refractivity (Wildman–Crippen MR) is 85.9 cm³/mol. The highest BCUT2D eigenvalue weighted by Crippen LogP contribution is 2.29. The van der Waals surface area contributed by atoms with E-state index in [9.17, 15) is 4.79 Å². The Kier molecular flexibility index (Phi) is 7.32. The van der Waals surface area contributed by atoms with Crippen LogP contribution in [-0.2, 0) is 4.79 Å². The highest BCUT2D eigenvalue weighted by molar-refractivity contribution is 5.85. The van der Waals surface area contributed by atoms with Gasteiger partial charge < -0.3 is 11.1 Å². The lowest BCUT2D eigenvalue weighted by Crippen LogP contribution is -2.44. The summed E-state index contributed by atoms with van der Waals surface area (Å²) in [6.45, 7) is 4.59. The van der Waals surface area contributed by atoms with Gasteiger partial charge in [-0.1, -0.05) is 26.7 Å². The van der Waals surface area contributed by atoms with E-state index in [1.54, 1.807) is 0 Å². The fraction of sp³-hybridized carbons (Fsp3) is 0.938. The Balaban J connectivity index is 0.00000200. The molecule has 3 nitrogen and oxygen atoms in total. The van der Waals surface area contributed by atoms with E-state index in [2.05, 4.69) is 19.2 Å². The van der Waals surface area contributed by atoms with Crippen LogP contribution in [0.2, 0.25) is 0 Å². The molecule has 0 aromatic rings. The second kappa shape index (κ2) is 8.23. The number of hydrogen-bond donors (Lipinski definition) is 2. The van der Waals surface area contributed by atoms with E-state index in [0.717, 1.165) is 25.2 Å². The Bertz CT molecular complexity index is 311. The van der Waals surface area contributed by atoms with Crippen molar-refractivity contribution < 1.29 is 4.79 Å². The number of carbonyl (C=O) groups excluding carboxylic acids is 1. The first-order valence-electron chi connectivity index (χ1n) is 8.11. The zero-order chi connectivity index (χ0) is 13.8.